The molecule has 0 aromatic carbocycles. The van der Waals surface area contributed by atoms with Crippen LogP contribution >= 0.6 is 0 Å². The molecule has 5 heteroatoms. The van der Waals surface area contributed by atoms with Crippen molar-refractivity contribution in [2.45, 2.75) is 38.9 Å². The van der Waals surface area contributed by atoms with E-state index < -0.39 is 0 Å². The van der Waals surface area contributed by atoms with Crippen LogP contribution in [0.4, 0.5) is 4.79 Å². The van der Waals surface area contributed by atoms with Gasteiger partial charge in [-0.2, -0.15) is 0 Å². The van der Waals surface area contributed by atoms with Gasteiger partial charge >= 0.3 is 6.03 Å². The zero-order chi connectivity index (χ0) is 11.0. The van der Waals surface area contributed by atoms with Gasteiger partial charge in [-0.25, -0.2) is 4.79 Å². The molecule has 0 radical (unpaired) electrons. The molecular weight excluding hydrogens is 194 g/mol. The van der Waals surface area contributed by atoms with Gasteiger partial charge in [-0.3, -0.25) is 19.9 Å². The lowest BCUT2D eigenvalue weighted by atomic mass is 10.3. The van der Waals surface area contributed by atoms with Crippen molar-refractivity contribution in [2.24, 2.45) is 0 Å². The SMILES string of the molecule is CC(C)N1C(=O)CN(C2CCCN2)C1=O. The third-order valence-corrected chi connectivity index (χ3v) is 2.95. The maximum Gasteiger partial charge on any atom is 0.328 e. The van der Waals surface area contributed by atoms with Crippen molar-refractivity contribution in [1.82, 2.24) is 15.1 Å². The van der Waals surface area contributed by atoms with Gasteiger partial charge in [-0.15, -0.1) is 0 Å². The van der Waals surface area contributed by atoms with Crippen molar-refractivity contribution in [3.05, 3.63) is 0 Å². The van der Waals surface area contributed by atoms with E-state index in [-0.39, 0.29) is 30.7 Å². The molecule has 0 aliphatic carbocycles. The normalized spacial score (nSPS) is 27.3. The lowest BCUT2D eigenvalue weighted by Gasteiger charge is -2.24. The number of carbonyl (C=O) groups is 2. The van der Waals surface area contributed by atoms with Gasteiger partial charge in [-0.05, 0) is 33.2 Å². The summed E-state index contributed by atoms with van der Waals surface area (Å²) in [5.74, 6) is -0.0799. The molecule has 5 nitrogen and oxygen atoms in total. The molecule has 2 aliphatic rings. The summed E-state index contributed by atoms with van der Waals surface area (Å²) in [4.78, 5) is 26.6. The zero-order valence-electron chi connectivity index (χ0n) is 9.19. The van der Waals surface area contributed by atoms with Crippen LogP contribution in [0, 0.1) is 0 Å². The molecule has 1 atom stereocenters. The highest BCUT2D eigenvalue weighted by Crippen LogP contribution is 2.19. The largest absolute Gasteiger partial charge is 0.328 e. The van der Waals surface area contributed by atoms with Crippen LogP contribution in [0.25, 0.3) is 0 Å². The number of nitrogens with one attached hydrogen (secondary N) is 1. The number of amides is 3. The van der Waals surface area contributed by atoms with Crippen molar-refractivity contribution in [3.8, 4) is 0 Å². The monoisotopic (exact) mass is 211 g/mol. The van der Waals surface area contributed by atoms with E-state index in [4.69, 9.17) is 0 Å². The number of hydrogen-bond acceptors (Lipinski definition) is 3. The van der Waals surface area contributed by atoms with Gasteiger partial charge in [0.05, 0.1) is 6.17 Å². The Bertz CT molecular complexity index is 284. The average Bonchev–Trinajstić information content (AvgIpc) is 2.72. The van der Waals surface area contributed by atoms with Crippen molar-refractivity contribution >= 4 is 11.9 Å². The van der Waals surface area contributed by atoms with Crippen LogP contribution in [0.3, 0.4) is 0 Å². The lowest BCUT2D eigenvalue weighted by molar-refractivity contribution is -0.126. The van der Waals surface area contributed by atoms with Crippen molar-refractivity contribution < 1.29 is 9.59 Å². The first kappa shape index (κ1) is 10.4. The van der Waals surface area contributed by atoms with Crippen LogP contribution in [-0.2, 0) is 4.79 Å². The first-order valence-electron chi connectivity index (χ1n) is 5.47. The molecule has 1 N–H and O–H groups in total. The number of urea groups is 1. The summed E-state index contributed by atoms with van der Waals surface area (Å²) in [6.07, 6.45) is 2.08. The molecule has 2 aliphatic heterocycles. The maximum absolute atomic E-state index is 11.9. The Morgan fingerprint density at radius 1 is 1.40 bits per heavy atom. The minimum atomic E-state index is -0.144. The minimum Gasteiger partial charge on any atom is -0.299 e. The van der Waals surface area contributed by atoms with Crippen LogP contribution in [0.5, 0.6) is 0 Å². The summed E-state index contributed by atoms with van der Waals surface area (Å²) in [7, 11) is 0. The number of hydrogen-bond donors (Lipinski definition) is 1. The van der Waals surface area contributed by atoms with E-state index in [0.717, 1.165) is 19.4 Å². The van der Waals surface area contributed by atoms with Crippen LogP contribution in [0.2, 0.25) is 0 Å². The van der Waals surface area contributed by atoms with Gasteiger partial charge in [-0.1, -0.05) is 0 Å². The topological polar surface area (TPSA) is 52.7 Å². The highest BCUT2D eigenvalue weighted by Gasteiger charge is 2.41. The fourth-order valence-electron chi connectivity index (χ4n) is 2.22. The fraction of sp³-hybridized carbons (Fsp3) is 0.800. The van der Waals surface area contributed by atoms with E-state index in [2.05, 4.69) is 5.32 Å². The Kier molecular flexibility index (Phi) is 2.65. The van der Waals surface area contributed by atoms with Gasteiger partial charge in [0.25, 0.3) is 5.91 Å². The van der Waals surface area contributed by atoms with Crippen LogP contribution in [-0.4, -0.2) is 47.0 Å². The second-order valence-corrected chi connectivity index (χ2v) is 4.38. The quantitative estimate of drug-likeness (QED) is 0.671. The van der Waals surface area contributed by atoms with E-state index in [1.54, 1.807) is 4.90 Å². The molecule has 0 aromatic heterocycles. The minimum absolute atomic E-state index is 0.0450. The predicted molar refractivity (Wildman–Crippen MR) is 55.1 cm³/mol. The third kappa shape index (κ3) is 1.71. The van der Waals surface area contributed by atoms with E-state index in [1.165, 1.54) is 4.90 Å². The molecule has 15 heavy (non-hydrogen) atoms. The fourth-order valence-corrected chi connectivity index (χ4v) is 2.22. The molecule has 2 saturated heterocycles. The Hall–Kier alpha value is -1.10. The number of rotatable bonds is 2. The summed E-state index contributed by atoms with van der Waals surface area (Å²) >= 11 is 0. The van der Waals surface area contributed by atoms with Crippen LogP contribution < -0.4 is 5.32 Å². The lowest BCUT2D eigenvalue weighted by Crippen LogP contribution is -2.45. The number of carbonyl (C=O) groups excluding carboxylic acids is 2. The van der Waals surface area contributed by atoms with Gasteiger partial charge in [0, 0.05) is 6.04 Å². The van der Waals surface area contributed by atoms with Crippen LogP contribution in [0.1, 0.15) is 26.7 Å². The molecule has 2 heterocycles. The van der Waals surface area contributed by atoms with Gasteiger partial charge in [0.1, 0.15) is 6.54 Å². The van der Waals surface area contributed by atoms with Gasteiger partial charge in [0.15, 0.2) is 0 Å². The first-order valence-corrected chi connectivity index (χ1v) is 5.47. The second-order valence-electron chi connectivity index (χ2n) is 4.38. The molecule has 0 saturated carbocycles. The smallest absolute Gasteiger partial charge is 0.299 e. The Morgan fingerprint density at radius 2 is 2.13 bits per heavy atom. The standard InChI is InChI=1S/C10H17N3O2/c1-7(2)13-9(14)6-12(10(13)15)8-4-3-5-11-8/h7-8,11H,3-6H2,1-2H3. The van der Waals surface area contributed by atoms with E-state index in [9.17, 15) is 9.59 Å². The Labute approximate surface area is 89.4 Å². The molecule has 0 bridgehead atoms. The summed E-state index contributed by atoms with van der Waals surface area (Å²) in [5, 5.41) is 3.24. The molecule has 0 spiro atoms. The Morgan fingerprint density at radius 3 is 2.60 bits per heavy atom. The summed E-state index contributed by atoms with van der Waals surface area (Å²) in [6, 6.07) is -0.189. The molecule has 2 rings (SSSR count). The number of imide groups is 1. The van der Waals surface area contributed by atoms with Crippen molar-refractivity contribution in [3.63, 3.8) is 0 Å². The molecule has 84 valence electrons. The predicted octanol–water partition coefficient (Wildman–Crippen LogP) is 0.368. The average molecular weight is 211 g/mol. The van der Waals surface area contributed by atoms with E-state index >= 15 is 0 Å². The number of nitrogens with zero attached hydrogens (tertiary/aromatic N) is 2. The molecule has 2 fully saturated rings. The van der Waals surface area contributed by atoms with Crippen LogP contribution in [0.15, 0.2) is 0 Å². The maximum atomic E-state index is 11.9. The van der Waals surface area contributed by atoms with Gasteiger partial charge < -0.3 is 0 Å². The highest BCUT2D eigenvalue weighted by molar-refractivity contribution is 6.02. The summed E-state index contributed by atoms with van der Waals surface area (Å²) < 4.78 is 0. The first-order chi connectivity index (χ1) is 7.11. The molecule has 3 amide bonds. The van der Waals surface area contributed by atoms with Gasteiger partial charge in [0.2, 0.25) is 0 Å². The van der Waals surface area contributed by atoms with E-state index in [0.29, 0.717) is 0 Å². The summed E-state index contributed by atoms with van der Waals surface area (Å²) in [5.41, 5.74) is 0. The molecule has 1 unspecified atom stereocenters. The van der Waals surface area contributed by atoms with E-state index in [1.807, 2.05) is 13.8 Å². The summed E-state index contributed by atoms with van der Waals surface area (Å²) in [6.45, 7) is 4.89. The van der Waals surface area contributed by atoms with Crippen molar-refractivity contribution in [2.75, 3.05) is 13.1 Å². The van der Waals surface area contributed by atoms with Crippen molar-refractivity contribution in [1.29, 1.82) is 0 Å². The third-order valence-electron chi connectivity index (χ3n) is 2.95. The molecular formula is C10H17N3O2. The second kappa shape index (κ2) is 3.81. The molecule has 0 aromatic rings. The Balaban J connectivity index is 2.10. The highest BCUT2D eigenvalue weighted by atomic mass is 16.2. The zero-order valence-corrected chi connectivity index (χ0v) is 9.19.